The molecule has 0 aliphatic carbocycles. The minimum atomic E-state index is -4.67. The molecule has 1 N–H and O–H groups in total. The largest absolute Gasteiger partial charge is 0.701 e. The van der Waals surface area contributed by atoms with Crippen molar-refractivity contribution in [3.8, 4) is 5.75 Å². The highest BCUT2D eigenvalue weighted by molar-refractivity contribution is 7.85. The van der Waals surface area contributed by atoms with Crippen molar-refractivity contribution < 1.29 is 22.5 Å². The number of nitrogens with one attached hydrogen (secondary N) is 1. The van der Waals surface area contributed by atoms with E-state index in [1.807, 2.05) is 0 Å². The predicted octanol–water partition coefficient (Wildman–Crippen LogP) is 2.04. The summed E-state index contributed by atoms with van der Waals surface area (Å²) in [5, 5.41) is 4.24. The first-order chi connectivity index (χ1) is 10.7. The zero-order chi connectivity index (χ0) is 17.3. The van der Waals surface area contributed by atoms with E-state index < -0.39 is 20.1 Å². The summed E-state index contributed by atoms with van der Waals surface area (Å²) in [6, 6.07) is 8.16. The molecule has 23 heavy (non-hydrogen) atoms. The lowest BCUT2D eigenvalue weighted by Crippen LogP contribution is -2.46. The van der Waals surface area contributed by atoms with E-state index in [4.69, 9.17) is 4.74 Å². The van der Waals surface area contributed by atoms with E-state index >= 15 is 0 Å². The standard InChI is InChI=1S/C14H16N2O5S2/c1-16(2,23(18,19)20)12-8-9-22-13(12)14(17)15-10-4-6-11(21-3)7-5-10/h4-9H,1-3H3,(H-,15,17,18,19,20). The molecule has 1 aromatic heterocycles. The number of carbonyl (C=O) groups is 1. The zero-order valence-corrected chi connectivity index (χ0v) is 14.4. The Labute approximate surface area is 138 Å². The van der Waals surface area contributed by atoms with E-state index in [9.17, 15) is 17.8 Å². The van der Waals surface area contributed by atoms with Crippen LogP contribution in [0.1, 0.15) is 9.67 Å². The van der Waals surface area contributed by atoms with Gasteiger partial charge in [0.2, 0.25) is 0 Å². The van der Waals surface area contributed by atoms with Crippen LogP contribution < -0.4 is 13.9 Å². The van der Waals surface area contributed by atoms with Crippen LogP contribution in [0.15, 0.2) is 35.7 Å². The maximum Gasteiger partial charge on any atom is 0.271 e. The second-order valence-corrected chi connectivity index (χ2v) is 7.78. The van der Waals surface area contributed by atoms with Gasteiger partial charge in [0.15, 0.2) is 10.6 Å². The molecule has 7 nitrogen and oxygen atoms in total. The van der Waals surface area contributed by atoms with Crippen LogP contribution in [0.4, 0.5) is 11.4 Å². The van der Waals surface area contributed by atoms with Crippen LogP contribution in [-0.4, -0.2) is 40.1 Å². The molecule has 1 amide bonds. The summed E-state index contributed by atoms with van der Waals surface area (Å²) in [6.07, 6.45) is 0. The first-order valence-corrected chi connectivity index (χ1v) is 8.75. The molecule has 0 fully saturated rings. The molecule has 1 heterocycles. The second-order valence-electron chi connectivity index (χ2n) is 5.10. The number of nitrogens with zero attached hydrogens (tertiary/aromatic N) is 1. The van der Waals surface area contributed by atoms with Crippen molar-refractivity contribution in [2.24, 2.45) is 0 Å². The van der Waals surface area contributed by atoms with Crippen molar-refractivity contribution in [2.75, 3.05) is 26.5 Å². The molecule has 0 atom stereocenters. The maximum absolute atomic E-state index is 12.4. The Morgan fingerprint density at radius 1 is 1.22 bits per heavy atom. The van der Waals surface area contributed by atoms with Gasteiger partial charge in [0.25, 0.3) is 16.2 Å². The summed E-state index contributed by atoms with van der Waals surface area (Å²) in [6.45, 7) is 0. The number of amides is 1. The lowest BCUT2D eigenvalue weighted by Gasteiger charge is -2.30. The van der Waals surface area contributed by atoms with E-state index in [-0.39, 0.29) is 10.6 Å². The third kappa shape index (κ3) is 3.53. The molecule has 0 saturated heterocycles. The Morgan fingerprint density at radius 2 is 1.83 bits per heavy atom. The molecule has 0 spiro atoms. The van der Waals surface area contributed by atoms with Crippen molar-refractivity contribution >= 4 is 38.9 Å². The highest BCUT2D eigenvalue weighted by Crippen LogP contribution is 2.32. The molecular weight excluding hydrogens is 340 g/mol. The Bertz CT molecular complexity index is 810. The number of carbonyl (C=O) groups excluding carboxylic acids is 1. The van der Waals surface area contributed by atoms with E-state index in [1.54, 1.807) is 29.6 Å². The summed E-state index contributed by atoms with van der Waals surface area (Å²) in [7, 11) is -0.668. The molecule has 1 aromatic carbocycles. The van der Waals surface area contributed by atoms with Crippen molar-refractivity contribution in [3.05, 3.63) is 40.6 Å². The van der Waals surface area contributed by atoms with Crippen LogP contribution in [0.2, 0.25) is 0 Å². The Kier molecular flexibility index (Phi) is 4.76. The van der Waals surface area contributed by atoms with Crippen molar-refractivity contribution in [3.63, 3.8) is 0 Å². The lowest BCUT2D eigenvalue weighted by molar-refractivity contribution is 0.103. The summed E-state index contributed by atoms with van der Waals surface area (Å²) < 4.78 is 38.4. The molecule has 124 valence electrons. The fourth-order valence-corrected chi connectivity index (χ4v) is 3.24. The Hall–Kier alpha value is -1.94. The molecule has 0 saturated carbocycles. The van der Waals surface area contributed by atoms with Crippen LogP contribution in [0.25, 0.3) is 0 Å². The number of anilines is 1. The van der Waals surface area contributed by atoms with Crippen molar-refractivity contribution in [1.29, 1.82) is 0 Å². The average Bonchev–Trinajstić information content (AvgIpc) is 2.97. The number of hydrogen-bond donors (Lipinski definition) is 1. The van der Waals surface area contributed by atoms with Crippen molar-refractivity contribution in [2.45, 2.75) is 0 Å². The van der Waals surface area contributed by atoms with Crippen LogP contribution in [0.3, 0.4) is 0 Å². The molecule has 0 bridgehead atoms. The number of quaternary nitrogens is 1. The summed E-state index contributed by atoms with van der Waals surface area (Å²) in [5.74, 6) is 0.171. The molecule has 2 aromatic rings. The average molecular weight is 356 g/mol. The Morgan fingerprint density at radius 3 is 2.35 bits per heavy atom. The van der Waals surface area contributed by atoms with Gasteiger partial charge in [-0.3, -0.25) is 4.79 Å². The highest BCUT2D eigenvalue weighted by Gasteiger charge is 2.33. The number of ether oxygens (including phenoxy) is 1. The van der Waals surface area contributed by atoms with Gasteiger partial charge in [0.1, 0.15) is 5.75 Å². The van der Waals surface area contributed by atoms with Crippen molar-refractivity contribution in [1.82, 2.24) is 3.89 Å². The quantitative estimate of drug-likeness (QED) is 0.653. The van der Waals surface area contributed by atoms with E-state index in [0.717, 1.165) is 11.3 Å². The SMILES string of the molecule is COc1ccc(NC(=O)c2sccc2[N+](C)(C)S(=O)(=O)[O-])cc1. The van der Waals surface area contributed by atoms with Gasteiger partial charge in [0.05, 0.1) is 21.2 Å². The number of rotatable bonds is 5. The zero-order valence-electron chi connectivity index (χ0n) is 12.8. The minimum absolute atomic E-state index is 0.135. The van der Waals surface area contributed by atoms with Gasteiger partial charge in [-0.1, -0.05) is 0 Å². The summed E-state index contributed by atoms with van der Waals surface area (Å²) >= 11 is 1.07. The normalized spacial score (nSPS) is 12.0. The van der Waals surface area contributed by atoms with Gasteiger partial charge >= 0.3 is 0 Å². The number of thiophene rings is 1. The van der Waals surface area contributed by atoms with Crippen LogP contribution in [0.5, 0.6) is 5.75 Å². The first kappa shape index (κ1) is 17.4. The van der Waals surface area contributed by atoms with E-state index in [1.165, 1.54) is 27.3 Å². The van der Waals surface area contributed by atoms with Gasteiger partial charge in [0, 0.05) is 11.8 Å². The van der Waals surface area contributed by atoms with Gasteiger partial charge < -0.3 is 14.6 Å². The summed E-state index contributed by atoms with van der Waals surface area (Å²) in [5.41, 5.74) is 0.668. The number of benzene rings is 1. The van der Waals surface area contributed by atoms with Gasteiger partial charge in [-0.25, -0.2) is 0 Å². The second kappa shape index (κ2) is 6.28. The fourth-order valence-electron chi connectivity index (χ4n) is 1.88. The van der Waals surface area contributed by atoms with Crippen LogP contribution in [-0.2, 0) is 10.3 Å². The topological polar surface area (TPSA) is 95.5 Å². The predicted molar refractivity (Wildman–Crippen MR) is 88.6 cm³/mol. The third-order valence-corrected chi connectivity index (χ3v) is 5.55. The highest BCUT2D eigenvalue weighted by atomic mass is 32.2. The molecule has 0 aliphatic rings. The monoisotopic (exact) mass is 356 g/mol. The molecular formula is C14H16N2O5S2. The molecule has 2 rings (SSSR count). The maximum atomic E-state index is 12.4. The van der Waals surface area contributed by atoms with Crippen LogP contribution in [0, 0.1) is 0 Å². The summed E-state index contributed by atoms with van der Waals surface area (Å²) in [4.78, 5) is 12.6. The molecule has 9 heteroatoms. The number of methoxy groups -OCH3 is 1. The molecule has 0 aliphatic heterocycles. The third-order valence-electron chi connectivity index (χ3n) is 3.34. The minimum Gasteiger partial charge on any atom is -0.701 e. The van der Waals surface area contributed by atoms with Crippen LogP contribution >= 0.6 is 11.3 Å². The van der Waals surface area contributed by atoms with E-state index in [2.05, 4.69) is 5.32 Å². The first-order valence-electron chi connectivity index (χ1n) is 6.50. The smallest absolute Gasteiger partial charge is 0.271 e. The molecule has 0 radical (unpaired) electrons. The van der Waals surface area contributed by atoms with Gasteiger partial charge in [-0.15, -0.1) is 11.3 Å². The van der Waals surface area contributed by atoms with Gasteiger partial charge in [-0.05, 0) is 29.6 Å². The Balaban J connectivity index is 2.29. The van der Waals surface area contributed by atoms with Gasteiger partial charge in [-0.2, -0.15) is 12.3 Å². The lowest BCUT2D eigenvalue weighted by atomic mass is 10.3. The number of hydrogen-bond acceptors (Lipinski definition) is 6. The van der Waals surface area contributed by atoms with E-state index in [0.29, 0.717) is 11.4 Å². The fraction of sp³-hybridized carbons (Fsp3) is 0.214. The molecule has 0 unspecified atom stereocenters.